The second kappa shape index (κ2) is 8.64. The van der Waals surface area contributed by atoms with Crippen LogP contribution < -0.4 is 0 Å². The highest BCUT2D eigenvalue weighted by Gasteiger charge is 2.14. The lowest BCUT2D eigenvalue weighted by Crippen LogP contribution is -1.69. The second-order valence-electron chi connectivity index (χ2n) is 5.14. The van der Waals surface area contributed by atoms with Crippen LogP contribution in [0.15, 0.2) is 69.5 Å². The number of fused-ring (bicyclic) bond motifs is 2. The summed E-state index contributed by atoms with van der Waals surface area (Å²) in [6, 6.07) is 19.5. The zero-order valence-corrected chi connectivity index (χ0v) is 16.7. The minimum atomic E-state index is 0.624. The van der Waals surface area contributed by atoms with E-state index < -0.39 is 0 Å². The summed E-state index contributed by atoms with van der Waals surface area (Å²) >= 11 is 1.56. The molecular formula is C22H22N2O2S. The van der Waals surface area contributed by atoms with Crippen molar-refractivity contribution in [3.05, 3.63) is 60.7 Å². The average molecular weight is 378 g/mol. The van der Waals surface area contributed by atoms with Crippen molar-refractivity contribution >= 4 is 33.5 Å². The lowest BCUT2D eigenvalue weighted by molar-refractivity contribution is 0.621. The van der Waals surface area contributed by atoms with E-state index in [2.05, 4.69) is 9.97 Å². The molecular weight excluding hydrogens is 356 g/mol. The Balaban J connectivity index is 0.000000495. The van der Waals surface area contributed by atoms with Crippen molar-refractivity contribution in [3.8, 4) is 21.5 Å². The molecule has 5 rings (SSSR count). The highest BCUT2D eigenvalue weighted by atomic mass is 32.1. The molecule has 0 atom stereocenters. The Bertz CT molecular complexity index is 983. The highest BCUT2D eigenvalue weighted by Crippen LogP contribution is 2.36. The number of oxazole rings is 2. The first-order valence-corrected chi connectivity index (χ1v) is 10.0. The van der Waals surface area contributed by atoms with E-state index in [1.165, 1.54) is 0 Å². The van der Waals surface area contributed by atoms with Gasteiger partial charge in [0.2, 0.25) is 11.8 Å². The minimum absolute atomic E-state index is 0.624. The second-order valence-corrected chi connectivity index (χ2v) is 6.22. The van der Waals surface area contributed by atoms with Gasteiger partial charge in [0.1, 0.15) is 11.0 Å². The predicted molar refractivity (Wildman–Crippen MR) is 113 cm³/mol. The summed E-state index contributed by atoms with van der Waals surface area (Å²) in [6.07, 6.45) is 0. The number of thiophene rings is 1. The summed E-state index contributed by atoms with van der Waals surface area (Å²) in [6.45, 7) is 8.00. The maximum Gasteiger partial charge on any atom is 0.237 e. The van der Waals surface area contributed by atoms with E-state index in [0.717, 1.165) is 32.0 Å². The van der Waals surface area contributed by atoms with Crippen LogP contribution in [0.4, 0.5) is 0 Å². The third-order valence-corrected chi connectivity index (χ3v) is 4.68. The summed E-state index contributed by atoms with van der Waals surface area (Å²) in [7, 11) is 0. The van der Waals surface area contributed by atoms with Crippen molar-refractivity contribution in [2.45, 2.75) is 27.7 Å². The van der Waals surface area contributed by atoms with Gasteiger partial charge < -0.3 is 8.83 Å². The standard InChI is InChI=1S/C18H10N2O2S.2C2H6/c1-3-7-13-11(5-1)19-17(21-13)15-9-10-16(23-15)18-20-12-6-2-4-8-14(12)22-18;2*1-2/h1-10H;2*1-2H3. The van der Waals surface area contributed by atoms with E-state index in [-0.39, 0.29) is 0 Å². The van der Waals surface area contributed by atoms with Crippen LogP contribution in [-0.4, -0.2) is 9.97 Å². The number of hydrogen-bond acceptors (Lipinski definition) is 5. The van der Waals surface area contributed by atoms with Gasteiger partial charge in [-0.2, -0.15) is 0 Å². The van der Waals surface area contributed by atoms with Crippen LogP contribution in [0.1, 0.15) is 27.7 Å². The normalized spacial score (nSPS) is 10.2. The number of aromatic nitrogens is 2. The first-order valence-electron chi connectivity index (χ1n) is 9.18. The van der Waals surface area contributed by atoms with Crippen molar-refractivity contribution in [2.24, 2.45) is 0 Å². The Kier molecular flexibility index (Phi) is 6.04. The fourth-order valence-corrected chi connectivity index (χ4v) is 3.38. The molecule has 0 amide bonds. The Morgan fingerprint density at radius 3 is 1.41 bits per heavy atom. The molecule has 0 unspecified atom stereocenters. The number of rotatable bonds is 2. The molecule has 27 heavy (non-hydrogen) atoms. The van der Waals surface area contributed by atoms with Crippen molar-refractivity contribution in [1.29, 1.82) is 0 Å². The average Bonchev–Trinajstić information content (AvgIpc) is 3.47. The molecule has 5 aromatic rings. The summed E-state index contributed by atoms with van der Waals surface area (Å²) in [4.78, 5) is 11.0. The maximum absolute atomic E-state index is 5.81. The molecule has 0 N–H and O–H groups in total. The topological polar surface area (TPSA) is 52.1 Å². The van der Waals surface area contributed by atoms with Crippen molar-refractivity contribution in [2.75, 3.05) is 0 Å². The van der Waals surface area contributed by atoms with Gasteiger partial charge in [-0.1, -0.05) is 52.0 Å². The number of hydrogen-bond donors (Lipinski definition) is 0. The summed E-state index contributed by atoms with van der Waals surface area (Å²) < 4.78 is 11.6. The molecule has 0 saturated carbocycles. The first kappa shape index (κ1) is 18.9. The van der Waals surface area contributed by atoms with Crippen LogP contribution in [0.25, 0.3) is 43.7 Å². The monoisotopic (exact) mass is 378 g/mol. The molecule has 0 aliphatic heterocycles. The first-order chi connectivity index (χ1) is 13.4. The SMILES string of the molecule is CC.CC.c1ccc2oc(-c3ccc(-c4nc5ccccc5o4)s3)nc2c1. The zero-order chi connectivity index (χ0) is 19.2. The summed E-state index contributed by atoms with van der Waals surface area (Å²) in [5.74, 6) is 1.25. The van der Waals surface area contributed by atoms with Crippen molar-refractivity contribution in [3.63, 3.8) is 0 Å². The van der Waals surface area contributed by atoms with Gasteiger partial charge in [-0.3, -0.25) is 0 Å². The minimum Gasteiger partial charge on any atom is -0.435 e. The van der Waals surface area contributed by atoms with Gasteiger partial charge >= 0.3 is 0 Å². The largest absolute Gasteiger partial charge is 0.435 e. The van der Waals surface area contributed by atoms with Crippen molar-refractivity contribution in [1.82, 2.24) is 9.97 Å². The van der Waals surface area contributed by atoms with E-state index in [9.17, 15) is 0 Å². The van der Waals surface area contributed by atoms with E-state index in [4.69, 9.17) is 8.83 Å². The maximum atomic E-state index is 5.81. The molecule has 0 aliphatic rings. The van der Waals surface area contributed by atoms with Gasteiger partial charge in [0, 0.05) is 0 Å². The van der Waals surface area contributed by atoms with Crippen molar-refractivity contribution < 1.29 is 8.83 Å². The molecule has 0 radical (unpaired) electrons. The highest BCUT2D eigenvalue weighted by molar-refractivity contribution is 7.18. The van der Waals surface area contributed by atoms with Crippen LogP contribution >= 0.6 is 11.3 Å². The number of benzene rings is 2. The Morgan fingerprint density at radius 1 is 0.593 bits per heavy atom. The lowest BCUT2D eigenvalue weighted by atomic mass is 10.3. The van der Waals surface area contributed by atoms with Crippen LogP contribution in [0, 0.1) is 0 Å². The molecule has 138 valence electrons. The van der Waals surface area contributed by atoms with E-state index >= 15 is 0 Å². The molecule has 4 nitrogen and oxygen atoms in total. The fourth-order valence-electron chi connectivity index (χ4n) is 2.52. The number of para-hydroxylation sites is 4. The third-order valence-electron chi connectivity index (χ3n) is 3.62. The molecule has 0 saturated heterocycles. The van der Waals surface area contributed by atoms with Gasteiger partial charge in [0.25, 0.3) is 0 Å². The fraction of sp³-hybridized carbons (Fsp3) is 0.182. The van der Waals surface area contributed by atoms with Gasteiger partial charge in [-0.25, -0.2) is 9.97 Å². The van der Waals surface area contributed by atoms with Gasteiger partial charge in [-0.15, -0.1) is 11.3 Å². The van der Waals surface area contributed by atoms with Crippen LogP contribution in [0.5, 0.6) is 0 Å². The van der Waals surface area contributed by atoms with Gasteiger partial charge in [-0.05, 0) is 36.4 Å². The Hall–Kier alpha value is -2.92. The molecule has 5 heteroatoms. The molecule has 3 heterocycles. The molecule has 0 bridgehead atoms. The predicted octanol–water partition coefficient (Wildman–Crippen LogP) is 7.42. The lowest BCUT2D eigenvalue weighted by Gasteiger charge is -1.87. The quantitative estimate of drug-likeness (QED) is 0.321. The number of nitrogens with zero attached hydrogens (tertiary/aromatic N) is 2. The molecule has 0 aliphatic carbocycles. The zero-order valence-electron chi connectivity index (χ0n) is 15.9. The van der Waals surface area contributed by atoms with E-state index in [1.807, 2.05) is 88.4 Å². The van der Waals surface area contributed by atoms with E-state index in [1.54, 1.807) is 11.3 Å². The smallest absolute Gasteiger partial charge is 0.237 e. The molecule has 0 fully saturated rings. The van der Waals surface area contributed by atoms with Crippen LogP contribution in [0.2, 0.25) is 0 Å². The molecule has 0 spiro atoms. The Morgan fingerprint density at radius 2 is 1.00 bits per heavy atom. The van der Waals surface area contributed by atoms with Gasteiger partial charge in [0.05, 0.1) is 9.75 Å². The van der Waals surface area contributed by atoms with Crippen LogP contribution in [-0.2, 0) is 0 Å². The third kappa shape index (κ3) is 3.78. The summed E-state index contributed by atoms with van der Waals surface area (Å²) in [5.41, 5.74) is 3.30. The van der Waals surface area contributed by atoms with Crippen LogP contribution in [0.3, 0.4) is 0 Å². The van der Waals surface area contributed by atoms with Gasteiger partial charge in [0.15, 0.2) is 11.2 Å². The van der Waals surface area contributed by atoms with E-state index in [0.29, 0.717) is 11.8 Å². The molecule has 2 aromatic carbocycles. The Labute approximate surface area is 162 Å². The molecule has 3 aromatic heterocycles. The summed E-state index contributed by atoms with van der Waals surface area (Å²) in [5, 5.41) is 0.